The number of fused-ring (bicyclic) bond motifs is 1. The summed E-state index contributed by atoms with van der Waals surface area (Å²) in [5, 5.41) is 6.09. The highest BCUT2D eigenvalue weighted by atomic mass is 32.1. The van der Waals surface area contributed by atoms with Crippen LogP contribution in [0.15, 0.2) is 23.7 Å². The van der Waals surface area contributed by atoms with Gasteiger partial charge >= 0.3 is 0 Å². The first-order valence-electron chi connectivity index (χ1n) is 9.97. The summed E-state index contributed by atoms with van der Waals surface area (Å²) >= 11 is 1.48. The van der Waals surface area contributed by atoms with Crippen LogP contribution < -0.4 is 5.32 Å². The molecule has 0 radical (unpaired) electrons. The van der Waals surface area contributed by atoms with E-state index in [0.717, 1.165) is 50.4 Å². The van der Waals surface area contributed by atoms with E-state index in [9.17, 15) is 4.79 Å². The van der Waals surface area contributed by atoms with E-state index < -0.39 is 0 Å². The van der Waals surface area contributed by atoms with E-state index in [4.69, 9.17) is 4.98 Å². The highest BCUT2D eigenvalue weighted by molar-refractivity contribution is 7.11. The Balaban J connectivity index is 1.40. The lowest BCUT2D eigenvalue weighted by atomic mass is 9.97. The van der Waals surface area contributed by atoms with Gasteiger partial charge in [0.15, 0.2) is 5.01 Å². The molecular weight excluding hydrogens is 356 g/mol. The number of allylic oxidation sites excluding steroid dienone is 2. The molecular formula is C21H24N4OS. The van der Waals surface area contributed by atoms with Gasteiger partial charge in [-0.1, -0.05) is 6.08 Å². The lowest BCUT2D eigenvalue weighted by molar-refractivity contribution is 0.0723. The third-order valence-electron chi connectivity index (χ3n) is 5.88. The standard InChI is InChI=1S/C21H24N4OS/c26-21(25-8-4-1-5-9-25)20-24-18(13-27-20)17-12-23-19-16(17)10-15(11-22-19)14-6-2-3-7-14/h6,10-11,13,17H,1-5,7-9,12H2,(H,22,23). The van der Waals surface area contributed by atoms with Crippen molar-refractivity contribution < 1.29 is 4.79 Å². The highest BCUT2D eigenvalue weighted by Gasteiger charge is 2.29. The number of pyridine rings is 1. The fourth-order valence-electron chi connectivity index (χ4n) is 4.35. The smallest absolute Gasteiger partial charge is 0.282 e. The molecule has 3 aliphatic rings. The van der Waals surface area contributed by atoms with Crippen LogP contribution >= 0.6 is 11.3 Å². The van der Waals surface area contributed by atoms with Crippen LogP contribution in [0.3, 0.4) is 0 Å². The maximum Gasteiger partial charge on any atom is 0.282 e. The first kappa shape index (κ1) is 16.9. The third kappa shape index (κ3) is 3.16. The van der Waals surface area contributed by atoms with E-state index >= 15 is 0 Å². The van der Waals surface area contributed by atoms with E-state index in [0.29, 0.717) is 5.01 Å². The minimum Gasteiger partial charge on any atom is -0.369 e. The molecule has 2 aromatic rings. The number of anilines is 1. The number of likely N-dealkylation sites (tertiary alicyclic amines) is 1. The van der Waals surface area contributed by atoms with E-state index in [-0.39, 0.29) is 11.8 Å². The van der Waals surface area contributed by atoms with Crippen LogP contribution in [0.25, 0.3) is 5.57 Å². The summed E-state index contributed by atoms with van der Waals surface area (Å²) in [5.74, 6) is 1.23. The molecule has 6 heteroatoms. The molecule has 0 saturated carbocycles. The van der Waals surface area contributed by atoms with Crippen molar-refractivity contribution in [1.82, 2.24) is 14.9 Å². The SMILES string of the molecule is O=C(c1nc(C2CNc3ncc(C4=CCCC4)cc32)cs1)N1CCCCC1. The van der Waals surface area contributed by atoms with Gasteiger partial charge in [0.05, 0.1) is 5.69 Å². The summed E-state index contributed by atoms with van der Waals surface area (Å²) < 4.78 is 0. The van der Waals surface area contributed by atoms with Crippen LogP contribution in [0.4, 0.5) is 5.82 Å². The molecule has 4 heterocycles. The predicted molar refractivity (Wildman–Crippen MR) is 108 cm³/mol. The second-order valence-corrected chi connectivity index (χ2v) is 8.51. The first-order chi connectivity index (χ1) is 13.3. The summed E-state index contributed by atoms with van der Waals surface area (Å²) in [6.45, 7) is 2.53. The summed E-state index contributed by atoms with van der Waals surface area (Å²) in [6.07, 6.45) is 11.3. The molecule has 5 rings (SSSR count). The van der Waals surface area contributed by atoms with Crippen LogP contribution in [0.5, 0.6) is 0 Å². The summed E-state index contributed by atoms with van der Waals surface area (Å²) in [7, 11) is 0. The third-order valence-corrected chi connectivity index (χ3v) is 6.73. The molecule has 1 unspecified atom stereocenters. The van der Waals surface area contributed by atoms with Crippen LogP contribution in [-0.2, 0) is 0 Å². The number of amides is 1. The summed E-state index contributed by atoms with van der Waals surface area (Å²) in [5.41, 5.74) is 4.85. The van der Waals surface area contributed by atoms with E-state index in [1.54, 1.807) is 0 Å². The molecule has 1 amide bonds. The molecule has 5 nitrogen and oxygen atoms in total. The van der Waals surface area contributed by atoms with Gasteiger partial charge in [-0.3, -0.25) is 4.79 Å². The zero-order chi connectivity index (χ0) is 18.2. The first-order valence-corrected chi connectivity index (χ1v) is 10.9. The molecule has 1 saturated heterocycles. The minimum atomic E-state index is 0.0973. The average molecular weight is 381 g/mol. The fraction of sp³-hybridized carbons (Fsp3) is 0.476. The molecule has 2 aliphatic heterocycles. The Morgan fingerprint density at radius 1 is 1.22 bits per heavy atom. The predicted octanol–water partition coefficient (Wildman–Crippen LogP) is 4.29. The molecule has 1 fully saturated rings. The van der Waals surface area contributed by atoms with Gasteiger partial charge in [-0.2, -0.15) is 0 Å². The van der Waals surface area contributed by atoms with Crippen molar-refractivity contribution in [2.75, 3.05) is 25.0 Å². The van der Waals surface area contributed by atoms with E-state index in [1.165, 1.54) is 47.3 Å². The average Bonchev–Trinajstić information content (AvgIpc) is 3.47. The van der Waals surface area contributed by atoms with Crippen LogP contribution in [0.1, 0.15) is 71.1 Å². The van der Waals surface area contributed by atoms with Crippen molar-refractivity contribution in [1.29, 1.82) is 0 Å². The Morgan fingerprint density at radius 3 is 2.93 bits per heavy atom. The maximum absolute atomic E-state index is 12.7. The summed E-state index contributed by atoms with van der Waals surface area (Å²) in [4.78, 5) is 24.1. The second-order valence-electron chi connectivity index (χ2n) is 7.65. The number of hydrogen-bond acceptors (Lipinski definition) is 5. The van der Waals surface area contributed by atoms with Gasteiger partial charge in [0.25, 0.3) is 5.91 Å². The Hall–Kier alpha value is -2.21. The number of thiazole rings is 1. The molecule has 27 heavy (non-hydrogen) atoms. The molecule has 0 spiro atoms. The van der Waals surface area contributed by atoms with Crippen molar-refractivity contribution in [3.8, 4) is 0 Å². The number of nitrogens with one attached hydrogen (secondary N) is 1. The number of nitrogens with zero attached hydrogens (tertiary/aromatic N) is 3. The molecule has 2 aromatic heterocycles. The maximum atomic E-state index is 12.7. The number of piperidine rings is 1. The van der Waals surface area contributed by atoms with Crippen molar-refractivity contribution in [3.63, 3.8) is 0 Å². The number of rotatable bonds is 3. The van der Waals surface area contributed by atoms with Crippen LogP contribution in [0, 0.1) is 0 Å². The molecule has 1 atom stereocenters. The molecule has 140 valence electrons. The Bertz CT molecular complexity index is 897. The van der Waals surface area contributed by atoms with Gasteiger partial charge in [0, 0.05) is 42.7 Å². The van der Waals surface area contributed by atoms with Gasteiger partial charge in [-0.05, 0) is 55.7 Å². The van der Waals surface area contributed by atoms with Gasteiger partial charge in [0.1, 0.15) is 5.82 Å². The monoisotopic (exact) mass is 380 g/mol. The molecule has 1 N–H and O–H groups in total. The number of hydrogen-bond donors (Lipinski definition) is 1. The zero-order valence-electron chi connectivity index (χ0n) is 15.4. The molecule has 0 bridgehead atoms. The normalized spacial score (nSPS) is 21.7. The van der Waals surface area contributed by atoms with Crippen molar-refractivity contribution in [2.45, 2.75) is 44.4 Å². The Morgan fingerprint density at radius 2 is 2.11 bits per heavy atom. The number of aromatic nitrogens is 2. The van der Waals surface area contributed by atoms with Crippen LogP contribution in [-0.4, -0.2) is 40.4 Å². The lowest BCUT2D eigenvalue weighted by Crippen LogP contribution is -2.35. The van der Waals surface area contributed by atoms with E-state index in [2.05, 4.69) is 27.8 Å². The van der Waals surface area contributed by atoms with Crippen molar-refractivity contribution in [2.24, 2.45) is 0 Å². The fourth-order valence-corrected chi connectivity index (χ4v) is 5.19. The number of carbonyl (C=O) groups is 1. The zero-order valence-corrected chi connectivity index (χ0v) is 16.2. The van der Waals surface area contributed by atoms with Gasteiger partial charge in [-0.25, -0.2) is 9.97 Å². The number of carbonyl (C=O) groups excluding carboxylic acids is 1. The quantitative estimate of drug-likeness (QED) is 0.863. The Labute approximate surface area is 163 Å². The molecule has 1 aliphatic carbocycles. The topological polar surface area (TPSA) is 58.1 Å². The van der Waals surface area contributed by atoms with Crippen molar-refractivity contribution in [3.05, 3.63) is 45.5 Å². The van der Waals surface area contributed by atoms with Gasteiger partial charge < -0.3 is 10.2 Å². The second kappa shape index (κ2) is 7.08. The lowest BCUT2D eigenvalue weighted by Gasteiger charge is -2.25. The summed E-state index contributed by atoms with van der Waals surface area (Å²) in [6, 6.07) is 2.27. The largest absolute Gasteiger partial charge is 0.369 e. The van der Waals surface area contributed by atoms with Crippen molar-refractivity contribution >= 4 is 28.6 Å². The Kier molecular flexibility index (Phi) is 4.44. The van der Waals surface area contributed by atoms with Gasteiger partial charge in [-0.15, -0.1) is 11.3 Å². The highest BCUT2D eigenvalue weighted by Crippen LogP contribution is 2.38. The van der Waals surface area contributed by atoms with Gasteiger partial charge in [0.2, 0.25) is 0 Å². The molecule has 0 aromatic carbocycles. The minimum absolute atomic E-state index is 0.0973. The van der Waals surface area contributed by atoms with Crippen LogP contribution in [0.2, 0.25) is 0 Å². The van der Waals surface area contributed by atoms with E-state index in [1.807, 2.05) is 11.1 Å².